The van der Waals surface area contributed by atoms with Crippen LogP contribution in [0.3, 0.4) is 0 Å². The fraction of sp³-hybridized carbons (Fsp3) is 0. The molecule has 0 rings (SSSR count). The first-order valence-electron chi connectivity index (χ1n) is 1.89. The Bertz CT molecular complexity index is 330. The Labute approximate surface area is 60.3 Å². The normalized spacial score (nSPS) is 6.90. The van der Waals surface area contributed by atoms with Crippen LogP contribution in [0.4, 0.5) is 0 Å². The number of hydrogen-bond acceptors (Lipinski definition) is 4. The van der Waals surface area contributed by atoms with Crippen molar-refractivity contribution >= 4 is 23.7 Å². The van der Waals surface area contributed by atoms with Gasteiger partial charge in [0.25, 0.3) is 0 Å². The van der Waals surface area contributed by atoms with Gasteiger partial charge in [0.15, 0.2) is 0 Å². The molecule has 0 N–H and O–H groups in total. The van der Waals surface area contributed by atoms with Gasteiger partial charge in [0, 0.05) is 0 Å². The average molecular weight is 191 g/mol. The summed E-state index contributed by atoms with van der Waals surface area (Å²) in [6.07, 6.45) is 0. The second-order valence-corrected chi connectivity index (χ2v) is 2.06. The standard InChI is InChI=1S/C3NO3P3/c5-8-1-4(2-9-6)3-10-7. The van der Waals surface area contributed by atoms with Gasteiger partial charge in [-0.25, -0.2) is 0 Å². The fourth-order valence-electron chi connectivity index (χ4n) is 0.190. The quantitative estimate of drug-likeness (QED) is 0.433. The first kappa shape index (κ1) is 9.99. The van der Waals surface area contributed by atoms with Crippen molar-refractivity contribution in [3.63, 3.8) is 0 Å². The van der Waals surface area contributed by atoms with E-state index >= 15 is 0 Å². The zero-order chi connectivity index (χ0) is 7.82. The second kappa shape index (κ2) is 7.10. The molecule has 0 fully saturated rings. The van der Waals surface area contributed by atoms with Gasteiger partial charge in [-0.05, 0) is 0 Å². The molecule has 0 aromatic rings. The van der Waals surface area contributed by atoms with E-state index in [1.165, 1.54) is 0 Å². The van der Waals surface area contributed by atoms with Crippen molar-refractivity contribution in [3.05, 3.63) is 0 Å². The molecule has 0 radical (unpaired) electrons. The van der Waals surface area contributed by atoms with E-state index in [2.05, 4.69) is 17.3 Å². The van der Waals surface area contributed by atoms with Gasteiger partial charge >= 0.3 is 59.6 Å². The van der Waals surface area contributed by atoms with E-state index in [4.69, 9.17) is 0 Å². The van der Waals surface area contributed by atoms with E-state index in [0.29, 0.717) is 0 Å². The van der Waals surface area contributed by atoms with E-state index in [1.807, 2.05) is 0 Å². The molecular formula is C3NO3P3. The molecule has 10 heavy (non-hydrogen) atoms. The topological polar surface area (TPSA) is 54.5 Å². The van der Waals surface area contributed by atoms with E-state index in [0.717, 1.165) is 4.90 Å². The zero-order valence-corrected chi connectivity index (χ0v) is 7.20. The van der Waals surface area contributed by atoms with E-state index in [-0.39, 0.29) is 0 Å². The second-order valence-electron chi connectivity index (χ2n) is 0.909. The predicted molar refractivity (Wildman–Crippen MR) is 36.3 cm³/mol. The molecule has 0 aromatic heterocycles. The van der Waals surface area contributed by atoms with Crippen molar-refractivity contribution in [1.29, 1.82) is 0 Å². The summed E-state index contributed by atoms with van der Waals surface area (Å²) in [5.41, 5.74) is 0. The zero-order valence-electron chi connectivity index (χ0n) is 4.51. The molecule has 0 atom stereocenters. The fourth-order valence-corrected chi connectivity index (χ4v) is 0.971. The summed E-state index contributed by atoms with van der Waals surface area (Å²) in [5, 5.41) is 0. The van der Waals surface area contributed by atoms with Gasteiger partial charge in [-0.15, -0.1) is 0 Å². The number of nitrogens with zero attached hydrogens (tertiary/aromatic N) is 1. The molecule has 0 aromatic carbocycles. The van der Waals surface area contributed by atoms with Gasteiger partial charge in [-0.3, -0.25) is 0 Å². The van der Waals surface area contributed by atoms with Crippen LogP contribution in [0, 0.1) is 17.3 Å². The molecule has 0 saturated heterocycles. The molecule has 0 aliphatic carbocycles. The summed E-state index contributed by atoms with van der Waals surface area (Å²) >= 11 is 0. The van der Waals surface area contributed by atoms with Crippen molar-refractivity contribution in [2.45, 2.75) is 0 Å². The summed E-state index contributed by atoms with van der Waals surface area (Å²) < 4.78 is 29.5. The van der Waals surface area contributed by atoms with Crippen molar-refractivity contribution in [1.82, 2.24) is 4.90 Å². The monoisotopic (exact) mass is 191 g/mol. The first-order chi connectivity index (χ1) is 4.85. The Balaban J connectivity index is 4.75. The van der Waals surface area contributed by atoms with Crippen LogP contribution in [0.25, 0.3) is 0 Å². The maximum absolute atomic E-state index is 9.82. The number of rotatable bonds is 0. The van der Waals surface area contributed by atoms with Crippen LogP contribution >= 0.6 is 23.7 Å². The average Bonchev–Trinajstić information content (AvgIpc) is 1.90. The molecule has 0 aliphatic heterocycles. The third kappa shape index (κ3) is 4.83. The number of hydrogen-bond donors (Lipinski definition) is 0. The molecular weight excluding hydrogens is 191 g/mol. The minimum atomic E-state index is -0.412. The van der Waals surface area contributed by atoms with Crippen molar-refractivity contribution in [3.8, 4) is 17.3 Å². The Morgan fingerprint density at radius 2 is 1.10 bits per heavy atom. The minimum absolute atomic E-state index is 0.412. The first-order valence-corrected chi connectivity index (χ1v) is 4.33. The van der Waals surface area contributed by atoms with Crippen molar-refractivity contribution in [2.75, 3.05) is 0 Å². The van der Waals surface area contributed by atoms with Crippen LogP contribution in [0.5, 0.6) is 0 Å². The van der Waals surface area contributed by atoms with Gasteiger partial charge in [0.2, 0.25) is 0 Å². The van der Waals surface area contributed by atoms with Crippen LogP contribution in [0.1, 0.15) is 0 Å². The summed E-state index contributed by atoms with van der Waals surface area (Å²) in [5.74, 6) is 6.30. The maximum atomic E-state index is 9.82. The molecule has 0 spiro atoms. The predicted octanol–water partition coefficient (Wildman–Crippen LogP) is 1.91. The summed E-state index contributed by atoms with van der Waals surface area (Å²) in [6, 6.07) is 0. The molecule has 50 valence electrons. The SMILES string of the molecule is O=P#CN(C#P=O)C#P=O. The third-order valence-corrected chi connectivity index (χ3v) is 1.27. The molecule has 7 heteroatoms. The Kier molecular flexibility index (Phi) is 7.09. The van der Waals surface area contributed by atoms with E-state index in [1.54, 1.807) is 0 Å². The third-order valence-electron chi connectivity index (χ3n) is 0.422. The van der Waals surface area contributed by atoms with Crippen LogP contribution in [0.15, 0.2) is 0 Å². The van der Waals surface area contributed by atoms with Crippen LogP contribution in [0.2, 0.25) is 0 Å². The molecule has 4 nitrogen and oxygen atoms in total. The molecule has 0 amide bonds. The Hall–Kier alpha value is -0.0100. The molecule has 0 heterocycles. The van der Waals surface area contributed by atoms with E-state index in [9.17, 15) is 13.7 Å². The Morgan fingerprint density at radius 1 is 0.800 bits per heavy atom. The van der Waals surface area contributed by atoms with Gasteiger partial charge in [0.1, 0.15) is 0 Å². The van der Waals surface area contributed by atoms with E-state index < -0.39 is 23.7 Å². The Morgan fingerprint density at radius 3 is 1.30 bits per heavy atom. The molecule has 0 aliphatic rings. The summed E-state index contributed by atoms with van der Waals surface area (Å²) in [7, 11) is -1.24. The van der Waals surface area contributed by atoms with Gasteiger partial charge in [-0.1, -0.05) is 0 Å². The molecule has 0 saturated carbocycles. The summed E-state index contributed by atoms with van der Waals surface area (Å²) in [4.78, 5) is 0.817. The van der Waals surface area contributed by atoms with Crippen LogP contribution < -0.4 is 0 Å². The van der Waals surface area contributed by atoms with Gasteiger partial charge in [0.05, 0.1) is 0 Å². The summed E-state index contributed by atoms with van der Waals surface area (Å²) in [6.45, 7) is 0. The van der Waals surface area contributed by atoms with Crippen molar-refractivity contribution < 1.29 is 13.7 Å². The molecule has 0 bridgehead atoms. The van der Waals surface area contributed by atoms with Crippen LogP contribution in [-0.4, -0.2) is 4.90 Å². The molecule has 0 unspecified atom stereocenters. The van der Waals surface area contributed by atoms with Crippen molar-refractivity contribution in [2.24, 2.45) is 0 Å². The van der Waals surface area contributed by atoms with Crippen LogP contribution in [-0.2, 0) is 13.7 Å². The van der Waals surface area contributed by atoms with Gasteiger partial charge in [-0.2, -0.15) is 0 Å². The van der Waals surface area contributed by atoms with Gasteiger partial charge < -0.3 is 0 Å².